The molecular weight excluding hydrogens is 408 g/mol. The van der Waals surface area contributed by atoms with E-state index in [4.69, 9.17) is 10.2 Å². The summed E-state index contributed by atoms with van der Waals surface area (Å²) in [6, 6.07) is 22.3. The Kier molecular flexibility index (Phi) is 5.22. The van der Waals surface area contributed by atoms with Crippen LogP contribution in [-0.2, 0) is 0 Å². The first-order valence-electron chi connectivity index (χ1n) is 9.32. The normalized spacial score (nSPS) is 11.0. The predicted molar refractivity (Wildman–Crippen MR) is 117 cm³/mol. The second kappa shape index (κ2) is 8.30. The molecule has 9 heteroatoms. The molecule has 0 saturated heterocycles. The molecule has 2 aromatic heterocycles. The van der Waals surface area contributed by atoms with E-state index < -0.39 is 4.92 Å². The quantitative estimate of drug-likeness (QED) is 0.281. The summed E-state index contributed by atoms with van der Waals surface area (Å²) in [4.78, 5) is 10.3. The molecule has 154 valence electrons. The molecule has 0 aliphatic heterocycles. The van der Waals surface area contributed by atoms with Crippen LogP contribution in [0, 0.1) is 32.8 Å². The highest BCUT2D eigenvalue weighted by molar-refractivity contribution is 5.90. The Morgan fingerprint density at radius 1 is 1.09 bits per heavy atom. The number of nitrogens with zero attached hydrogens (tertiary/aromatic N) is 5. The Morgan fingerprint density at radius 2 is 1.81 bits per heavy atom. The van der Waals surface area contributed by atoms with Gasteiger partial charge < -0.3 is 10.2 Å². The van der Waals surface area contributed by atoms with Crippen molar-refractivity contribution in [1.29, 1.82) is 10.5 Å². The van der Waals surface area contributed by atoms with Gasteiger partial charge in [0.1, 0.15) is 40.7 Å². The van der Waals surface area contributed by atoms with Gasteiger partial charge in [0.25, 0.3) is 5.69 Å². The van der Waals surface area contributed by atoms with E-state index in [1.54, 1.807) is 36.4 Å². The Labute approximate surface area is 182 Å². The average molecular weight is 422 g/mol. The fraction of sp³-hybridized carbons (Fsp3) is 0. The number of hydrogen-bond acceptors (Lipinski definition) is 7. The van der Waals surface area contributed by atoms with Crippen molar-refractivity contribution < 1.29 is 9.34 Å². The summed E-state index contributed by atoms with van der Waals surface area (Å²) in [5.74, 6) is 0.950. The molecular formula is C23H14N6O3. The number of nitriles is 2. The van der Waals surface area contributed by atoms with E-state index in [0.717, 1.165) is 0 Å². The summed E-state index contributed by atoms with van der Waals surface area (Å²) in [6.07, 6.45) is 1.47. The largest absolute Gasteiger partial charge is 0.457 e. The van der Waals surface area contributed by atoms with Gasteiger partial charge in [0, 0.05) is 23.8 Å². The molecule has 0 fully saturated rings. The van der Waals surface area contributed by atoms with Crippen LogP contribution in [0.3, 0.4) is 0 Å². The fourth-order valence-corrected chi connectivity index (χ4v) is 3.12. The lowest BCUT2D eigenvalue weighted by Crippen LogP contribution is -2.02. The molecule has 9 nitrogen and oxygen atoms in total. The fourth-order valence-electron chi connectivity index (χ4n) is 3.12. The Morgan fingerprint density at radius 3 is 2.44 bits per heavy atom. The molecule has 2 aromatic carbocycles. The Bertz CT molecular complexity index is 1420. The summed E-state index contributed by atoms with van der Waals surface area (Å²) < 4.78 is 7.18. The maximum atomic E-state index is 10.8. The van der Waals surface area contributed by atoms with Gasteiger partial charge in [-0.2, -0.15) is 15.6 Å². The summed E-state index contributed by atoms with van der Waals surface area (Å²) in [5.41, 5.74) is 7.72. The minimum absolute atomic E-state index is 0.0252. The van der Waals surface area contributed by atoms with Crippen LogP contribution in [0.2, 0.25) is 0 Å². The van der Waals surface area contributed by atoms with E-state index in [-0.39, 0.29) is 28.3 Å². The van der Waals surface area contributed by atoms with Crippen LogP contribution in [0.5, 0.6) is 0 Å². The molecule has 0 bridgehead atoms. The van der Waals surface area contributed by atoms with Crippen LogP contribution in [0.1, 0.15) is 17.0 Å². The summed E-state index contributed by atoms with van der Waals surface area (Å²) in [6.45, 7) is 0. The number of nitrogens with two attached hydrogens (primary N) is 1. The van der Waals surface area contributed by atoms with Gasteiger partial charge in [0.05, 0.1) is 16.2 Å². The maximum Gasteiger partial charge on any atom is 0.269 e. The van der Waals surface area contributed by atoms with E-state index in [0.29, 0.717) is 22.8 Å². The number of rotatable bonds is 5. The minimum atomic E-state index is -0.480. The first-order chi connectivity index (χ1) is 15.5. The van der Waals surface area contributed by atoms with Crippen LogP contribution in [0.4, 0.5) is 11.5 Å². The molecule has 32 heavy (non-hydrogen) atoms. The third-order valence-corrected chi connectivity index (χ3v) is 4.69. The van der Waals surface area contributed by atoms with Gasteiger partial charge >= 0.3 is 0 Å². The van der Waals surface area contributed by atoms with E-state index >= 15 is 0 Å². The van der Waals surface area contributed by atoms with Crippen LogP contribution in [0.15, 0.2) is 71.1 Å². The maximum absolute atomic E-state index is 10.8. The molecule has 0 saturated carbocycles. The standard InChI is InChI=1S/C23H14N6O3/c24-13-16(22-20(14-25)23(26)28(27-22)17-4-2-1-3-5-17)12-19-10-11-21(32-19)15-6-8-18(9-7-15)29(30)31/h1-12H,26H2/b16-12+. The van der Waals surface area contributed by atoms with Crippen LogP contribution >= 0.6 is 0 Å². The van der Waals surface area contributed by atoms with Crippen molar-refractivity contribution in [3.8, 4) is 29.1 Å². The molecule has 2 heterocycles. The zero-order valence-electron chi connectivity index (χ0n) is 16.5. The van der Waals surface area contributed by atoms with E-state index in [1.807, 2.05) is 30.3 Å². The molecule has 0 unspecified atom stereocenters. The van der Waals surface area contributed by atoms with Crippen molar-refractivity contribution in [2.24, 2.45) is 0 Å². The molecule has 4 aromatic rings. The lowest BCUT2D eigenvalue weighted by atomic mass is 10.1. The second-order valence-corrected chi connectivity index (χ2v) is 6.64. The van der Waals surface area contributed by atoms with Crippen molar-refractivity contribution in [3.63, 3.8) is 0 Å². The second-order valence-electron chi connectivity index (χ2n) is 6.64. The predicted octanol–water partition coefficient (Wildman–Crippen LogP) is 4.56. The van der Waals surface area contributed by atoms with Gasteiger partial charge in [0.15, 0.2) is 0 Å². The highest BCUT2D eigenvalue weighted by atomic mass is 16.6. The molecule has 0 atom stereocenters. The third-order valence-electron chi connectivity index (χ3n) is 4.69. The number of benzene rings is 2. The van der Waals surface area contributed by atoms with Gasteiger partial charge in [-0.3, -0.25) is 10.1 Å². The van der Waals surface area contributed by atoms with E-state index in [2.05, 4.69) is 5.10 Å². The van der Waals surface area contributed by atoms with Crippen molar-refractivity contribution in [3.05, 3.63) is 93.9 Å². The third kappa shape index (κ3) is 3.70. The van der Waals surface area contributed by atoms with Crippen molar-refractivity contribution in [1.82, 2.24) is 9.78 Å². The smallest absolute Gasteiger partial charge is 0.269 e. The van der Waals surface area contributed by atoms with Crippen molar-refractivity contribution in [2.45, 2.75) is 0 Å². The summed E-state index contributed by atoms with van der Waals surface area (Å²) in [7, 11) is 0. The topological polar surface area (TPSA) is 148 Å². The highest BCUT2D eigenvalue weighted by Crippen LogP contribution is 2.29. The number of nitro benzene ring substituents is 1. The van der Waals surface area contributed by atoms with Crippen molar-refractivity contribution >= 4 is 23.2 Å². The first kappa shape index (κ1) is 20.1. The van der Waals surface area contributed by atoms with Gasteiger partial charge in [-0.25, -0.2) is 4.68 Å². The molecule has 0 spiro atoms. The van der Waals surface area contributed by atoms with Crippen LogP contribution in [-0.4, -0.2) is 14.7 Å². The average Bonchev–Trinajstić information content (AvgIpc) is 3.42. The first-order valence-corrected chi connectivity index (χ1v) is 9.32. The monoisotopic (exact) mass is 422 g/mol. The number of non-ortho nitro benzene ring substituents is 1. The van der Waals surface area contributed by atoms with E-state index in [1.165, 1.54) is 22.9 Å². The summed E-state index contributed by atoms with van der Waals surface area (Å²) >= 11 is 0. The lowest BCUT2D eigenvalue weighted by Gasteiger charge is -2.02. The van der Waals surface area contributed by atoms with Crippen LogP contribution in [0.25, 0.3) is 28.7 Å². The number of hydrogen-bond donors (Lipinski definition) is 1. The summed E-state index contributed by atoms with van der Waals surface area (Å²) in [5, 5.41) is 34.5. The number of furan rings is 1. The highest BCUT2D eigenvalue weighted by Gasteiger charge is 2.20. The van der Waals surface area contributed by atoms with Gasteiger partial charge in [0.2, 0.25) is 0 Å². The molecule has 0 aliphatic carbocycles. The zero-order chi connectivity index (χ0) is 22.7. The number of nitrogen functional groups attached to an aromatic ring is 1. The number of para-hydroxylation sites is 1. The molecule has 0 radical (unpaired) electrons. The van der Waals surface area contributed by atoms with Gasteiger partial charge in [-0.1, -0.05) is 18.2 Å². The number of anilines is 1. The van der Waals surface area contributed by atoms with Gasteiger partial charge in [-0.05, 0) is 36.4 Å². The molecule has 2 N–H and O–H groups in total. The SMILES string of the molecule is N#C/C(=C\c1ccc(-c2ccc([N+](=O)[O-])cc2)o1)c1nn(-c2ccccc2)c(N)c1C#N. The molecule has 0 amide bonds. The van der Waals surface area contributed by atoms with Crippen LogP contribution < -0.4 is 5.73 Å². The zero-order valence-corrected chi connectivity index (χ0v) is 16.5. The Hall–Kier alpha value is -5.15. The number of aromatic nitrogens is 2. The number of allylic oxidation sites excluding steroid dienone is 1. The van der Waals surface area contributed by atoms with E-state index in [9.17, 15) is 20.6 Å². The Balaban J connectivity index is 1.71. The molecule has 0 aliphatic rings. The number of nitro groups is 1. The molecule has 4 rings (SSSR count). The lowest BCUT2D eigenvalue weighted by molar-refractivity contribution is -0.384. The van der Waals surface area contributed by atoms with Crippen molar-refractivity contribution in [2.75, 3.05) is 5.73 Å². The van der Waals surface area contributed by atoms with Gasteiger partial charge in [-0.15, -0.1) is 0 Å². The minimum Gasteiger partial charge on any atom is -0.457 e.